The Balaban J connectivity index is 2.37. The van der Waals surface area contributed by atoms with Crippen molar-refractivity contribution in [1.29, 1.82) is 0 Å². The van der Waals surface area contributed by atoms with Gasteiger partial charge in [-0.2, -0.15) is 13.2 Å². The number of halogens is 5. The Morgan fingerprint density at radius 1 is 1.32 bits per heavy atom. The summed E-state index contributed by atoms with van der Waals surface area (Å²) in [6, 6.07) is 3.15. The van der Waals surface area contributed by atoms with Gasteiger partial charge in [0.2, 0.25) is 0 Å². The number of hydrogen-bond acceptors (Lipinski definition) is 3. The summed E-state index contributed by atoms with van der Waals surface area (Å²) < 4.78 is 51.0. The van der Waals surface area contributed by atoms with Crippen molar-refractivity contribution in [2.45, 2.75) is 12.2 Å². The fraction of sp³-hybridized carbons (Fsp3) is 0.182. The highest BCUT2D eigenvalue weighted by Crippen LogP contribution is 2.36. The summed E-state index contributed by atoms with van der Waals surface area (Å²) in [4.78, 5) is 3.36. The predicted molar refractivity (Wildman–Crippen MR) is 64.6 cm³/mol. The second kappa shape index (κ2) is 5.07. The second-order valence-electron chi connectivity index (χ2n) is 3.69. The van der Waals surface area contributed by atoms with E-state index in [4.69, 9.17) is 17.3 Å². The lowest BCUT2D eigenvalue weighted by atomic mass is 10.1. The molecule has 0 aliphatic heterocycles. The average molecular weight is 311 g/mol. The normalized spacial score (nSPS) is 13.6. The van der Waals surface area contributed by atoms with E-state index in [2.05, 4.69) is 4.98 Å². The number of nitrogens with zero attached hydrogens (tertiary/aromatic N) is 1. The molecule has 8 heteroatoms. The molecular weight excluding hydrogens is 304 g/mol. The number of rotatable bonds is 2. The number of thiazole rings is 1. The summed E-state index contributed by atoms with van der Waals surface area (Å²) in [6.45, 7) is 0. The summed E-state index contributed by atoms with van der Waals surface area (Å²) >= 11 is 5.99. The molecule has 1 heterocycles. The van der Waals surface area contributed by atoms with Crippen molar-refractivity contribution in [1.82, 2.24) is 4.98 Å². The maximum absolute atomic E-state index is 13.7. The lowest BCUT2D eigenvalue weighted by Crippen LogP contribution is -2.12. The summed E-state index contributed by atoms with van der Waals surface area (Å²) in [6.07, 6.45) is -3.53. The van der Waals surface area contributed by atoms with Gasteiger partial charge in [-0.25, -0.2) is 9.37 Å². The van der Waals surface area contributed by atoms with Crippen molar-refractivity contribution < 1.29 is 17.6 Å². The van der Waals surface area contributed by atoms with E-state index < -0.39 is 23.0 Å². The lowest BCUT2D eigenvalue weighted by molar-refractivity contribution is -0.137. The number of hydrogen-bond donors (Lipinski definition) is 1. The minimum Gasteiger partial charge on any atom is -0.319 e. The first kappa shape index (κ1) is 14.2. The zero-order valence-corrected chi connectivity index (χ0v) is 10.8. The molecule has 0 radical (unpaired) electrons. The van der Waals surface area contributed by atoms with Gasteiger partial charge in [-0.1, -0.05) is 23.7 Å². The minimum absolute atomic E-state index is 0.0323. The monoisotopic (exact) mass is 310 g/mol. The maximum atomic E-state index is 13.7. The maximum Gasteiger partial charge on any atom is 0.443 e. The third-order valence-corrected chi connectivity index (χ3v) is 3.81. The Morgan fingerprint density at radius 3 is 2.58 bits per heavy atom. The van der Waals surface area contributed by atoms with E-state index in [1.807, 2.05) is 0 Å². The van der Waals surface area contributed by atoms with Crippen LogP contribution in [0.5, 0.6) is 0 Å². The van der Waals surface area contributed by atoms with E-state index >= 15 is 0 Å². The van der Waals surface area contributed by atoms with Crippen LogP contribution in [-0.4, -0.2) is 4.98 Å². The Kier molecular flexibility index (Phi) is 3.80. The smallest absolute Gasteiger partial charge is 0.319 e. The van der Waals surface area contributed by atoms with Crippen molar-refractivity contribution in [3.63, 3.8) is 0 Å². The van der Waals surface area contributed by atoms with Gasteiger partial charge >= 0.3 is 6.18 Å². The summed E-state index contributed by atoms with van der Waals surface area (Å²) in [7, 11) is 0. The molecule has 2 aromatic rings. The van der Waals surface area contributed by atoms with E-state index in [0.717, 1.165) is 6.20 Å². The van der Waals surface area contributed by atoms with E-state index in [0.29, 0.717) is 11.3 Å². The molecule has 0 spiro atoms. The van der Waals surface area contributed by atoms with Crippen LogP contribution in [0.2, 0.25) is 5.02 Å². The third kappa shape index (κ3) is 2.88. The van der Waals surface area contributed by atoms with Crippen LogP contribution in [0.1, 0.15) is 21.5 Å². The molecule has 0 bridgehead atoms. The van der Waals surface area contributed by atoms with Crippen LogP contribution < -0.4 is 5.73 Å². The molecule has 0 saturated carbocycles. The first-order valence-corrected chi connectivity index (χ1v) is 6.22. The Hall–Kier alpha value is -1.18. The van der Waals surface area contributed by atoms with Crippen molar-refractivity contribution in [2.24, 2.45) is 5.73 Å². The molecule has 0 amide bonds. The highest BCUT2D eigenvalue weighted by Gasteiger charge is 2.35. The molecule has 2 rings (SSSR count). The minimum atomic E-state index is -4.53. The standard InChI is InChI=1S/C11H7ClF4N2S/c12-6-3-1-2-5(8(6)13)9(17)7-4-18-10(19-7)11(14,15)16/h1-4,9H,17H2. The molecule has 0 saturated heterocycles. The first-order valence-electron chi connectivity index (χ1n) is 5.03. The molecule has 19 heavy (non-hydrogen) atoms. The van der Waals surface area contributed by atoms with E-state index in [1.54, 1.807) is 0 Å². The molecule has 2 N–H and O–H groups in total. The van der Waals surface area contributed by atoms with E-state index in [9.17, 15) is 17.6 Å². The van der Waals surface area contributed by atoms with Crippen LogP contribution in [0.3, 0.4) is 0 Å². The van der Waals surface area contributed by atoms with Crippen LogP contribution in [-0.2, 0) is 6.18 Å². The lowest BCUT2D eigenvalue weighted by Gasteiger charge is -2.11. The van der Waals surface area contributed by atoms with Gasteiger partial charge in [0.1, 0.15) is 5.82 Å². The Bertz CT molecular complexity index is 597. The SMILES string of the molecule is NC(c1cnc(C(F)(F)F)s1)c1cccc(Cl)c1F. The number of nitrogens with two attached hydrogens (primary N) is 1. The average Bonchev–Trinajstić information content (AvgIpc) is 2.81. The first-order chi connectivity index (χ1) is 8.80. The van der Waals surface area contributed by atoms with Crippen LogP contribution >= 0.6 is 22.9 Å². The molecule has 1 unspecified atom stereocenters. The van der Waals surface area contributed by atoms with Gasteiger partial charge in [0.05, 0.1) is 11.1 Å². The summed E-state index contributed by atoms with van der Waals surface area (Å²) in [5.41, 5.74) is 5.78. The largest absolute Gasteiger partial charge is 0.443 e. The molecule has 0 aliphatic rings. The summed E-state index contributed by atoms with van der Waals surface area (Å²) in [5.74, 6) is -0.737. The Labute approximate surface area is 114 Å². The highest BCUT2D eigenvalue weighted by atomic mass is 35.5. The van der Waals surface area contributed by atoms with Gasteiger partial charge in [0.25, 0.3) is 0 Å². The zero-order valence-electron chi connectivity index (χ0n) is 9.21. The van der Waals surface area contributed by atoms with Crippen molar-refractivity contribution in [2.75, 3.05) is 0 Å². The van der Waals surface area contributed by atoms with Crippen molar-refractivity contribution in [3.8, 4) is 0 Å². The third-order valence-electron chi connectivity index (χ3n) is 2.39. The number of benzene rings is 1. The number of alkyl halides is 3. The second-order valence-corrected chi connectivity index (χ2v) is 5.16. The van der Waals surface area contributed by atoms with E-state index in [1.165, 1.54) is 18.2 Å². The van der Waals surface area contributed by atoms with Gasteiger partial charge in [0, 0.05) is 16.6 Å². The fourth-order valence-electron chi connectivity index (χ4n) is 1.48. The van der Waals surface area contributed by atoms with Gasteiger partial charge in [-0.05, 0) is 6.07 Å². The van der Waals surface area contributed by atoms with Crippen LogP contribution in [0.4, 0.5) is 17.6 Å². The van der Waals surface area contributed by atoms with Crippen molar-refractivity contribution in [3.05, 3.63) is 50.7 Å². The van der Waals surface area contributed by atoms with Crippen LogP contribution in [0.25, 0.3) is 0 Å². The zero-order chi connectivity index (χ0) is 14.2. The van der Waals surface area contributed by atoms with E-state index in [-0.39, 0.29) is 15.5 Å². The molecule has 1 atom stereocenters. The molecule has 0 fully saturated rings. The van der Waals surface area contributed by atoms with Crippen molar-refractivity contribution >= 4 is 22.9 Å². The molecule has 1 aromatic carbocycles. The molecule has 0 aliphatic carbocycles. The topological polar surface area (TPSA) is 38.9 Å². The van der Waals surface area contributed by atoms with Gasteiger partial charge in [-0.3, -0.25) is 0 Å². The molecule has 1 aromatic heterocycles. The molecular formula is C11H7ClF4N2S. The molecule has 2 nitrogen and oxygen atoms in total. The fourth-order valence-corrected chi connectivity index (χ4v) is 2.46. The van der Waals surface area contributed by atoms with Gasteiger partial charge in [0.15, 0.2) is 5.01 Å². The van der Waals surface area contributed by atoms with Gasteiger partial charge in [-0.15, -0.1) is 11.3 Å². The quantitative estimate of drug-likeness (QED) is 0.851. The molecule has 102 valence electrons. The summed E-state index contributed by atoms with van der Waals surface area (Å²) in [5, 5.41) is -1.14. The van der Waals surface area contributed by atoms with Crippen LogP contribution in [0, 0.1) is 5.82 Å². The number of aromatic nitrogens is 1. The van der Waals surface area contributed by atoms with Gasteiger partial charge < -0.3 is 5.73 Å². The highest BCUT2D eigenvalue weighted by molar-refractivity contribution is 7.11. The Morgan fingerprint density at radius 2 is 2.00 bits per heavy atom. The van der Waals surface area contributed by atoms with Crippen LogP contribution in [0.15, 0.2) is 24.4 Å². The predicted octanol–water partition coefficient (Wildman–Crippen LogP) is 4.00.